The molecule has 4 aliphatic carbocycles. The lowest BCUT2D eigenvalue weighted by Crippen LogP contribution is -2.76. The Labute approximate surface area is 300 Å². The molecule has 15 nitrogen and oxygen atoms in total. The van der Waals surface area contributed by atoms with E-state index in [4.69, 9.17) is 19.7 Å². The molecule has 5 fully saturated rings. The van der Waals surface area contributed by atoms with Crippen LogP contribution in [0.3, 0.4) is 0 Å². The van der Waals surface area contributed by atoms with E-state index in [-0.39, 0.29) is 63.8 Å². The van der Waals surface area contributed by atoms with E-state index in [0.29, 0.717) is 65.0 Å². The Morgan fingerprint density at radius 3 is 2.46 bits per heavy atom. The van der Waals surface area contributed by atoms with Gasteiger partial charge in [0.25, 0.3) is 5.91 Å². The van der Waals surface area contributed by atoms with Crippen molar-refractivity contribution in [2.45, 2.75) is 90.4 Å². The van der Waals surface area contributed by atoms with Crippen molar-refractivity contribution in [2.75, 3.05) is 32.2 Å². The summed E-state index contributed by atoms with van der Waals surface area (Å²) in [6.07, 6.45) is 8.01. The Kier molecular flexibility index (Phi) is 7.95. The molecule has 0 spiro atoms. The summed E-state index contributed by atoms with van der Waals surface area (Å²) >= 11 is 0. The fourth-order valence-electron chi connectivity index (χ4n) is 9.17. The molecular weight excluding hydrogens is 666 g/mol. The number of carbonyl (C=O) groups is 2. The van der Waals surface area contributed by atoms with E-state index in [1.54, 1.807) is 30.2 Å². The maximum atomic E-state index is 14.6. The summed E-state index contributed by atoms with van der Waals surface area (Å²) in [5, 5.41) is 12.8. The zero-order valence-electron chi connectivity index (χ0n) is 30.5. The van der Waals surface area contributed by atoms with Crippen molar-refractivity contribution in [3.05, 3.63) is 61.8 Å². The minimum atomic E-state index is -0.389. The Bertz CT molecular complexity index is 2220. The van der Waals surface area contributed by atoms with E-state index in [0.717, 1.165) is 32.1 Å². The summed E-state index contributed by atoms with van der Waals surface area (Å²) in [6.45, 7) is 8.75. The van der Waals surface area contributed by atoms with Gasteiger partial charge in [-0.25, -0.2) is 4.98 Å². The van der Waals surface area contributed by atoms with Crippen LogP contribution in [-0.2, 0) is 17.8 Å². The molecule has 1 saturated heterocycles. The van der Waals surface area contributed by atoms with Gasteiger partial charge < -0.3 is 34.1 Å². The van der Waals surface area contributed by atoms with Crippen molar-refractivity contribution >= 4 is 28.7 Å². The first-order valence-corrected chi connectivity index (χ1v) is 18.1. The molecule has 0 radical (unpaired) electrons. The van der Waals surface area contributed by atoms with Crippen LogP contribution in [0, 0.1) is 18.3 Å². The van der Waals surface area contributed by atoms with E-state index in [2.05, 4.69) is 34.0 Å². The molecule has 15 heteroatoms. The third-order valence-corrected chi connectivity index (χ3v) is 12.2. The number of anilines is 1. The van der Waals surface area contributed by atoms with Crippen LogP contribution >= 0.6 is 0 Å². The molecule has 4 aromatic rings. The van der Waals surface area contributed by atoms with E-state index in [9.17, 15) is 19.2 Å². The van der Waals surface area contributed by atoms with Gasteiger partial charge >= 0.3 is 0 Å². The number of H-pyrrole nitrogens is 1. The van der Waals surface area contributed by atoms with Gasteiger partial charge in [0.1, 0.15) is 17.8 Å². The average molecular weight is 712 g/mol. The minimum Gasteiger partial charge on any atom is -0.482 e. The van der Waals surface area contributed by atoms with Gasteiger partial charge in [-0.3, -0.25) is 19.2 Å². The summed E-state index contributed by atoms with van der Waals surface area (Å²) < 4.78 is 12.5. The lowest BCUT2D eigenvalue weighted by atomic mass is 9.36. The number of aromatic amines is 1. The molecule has 2 bridgehead atoms. The molecule has 0 aromatic carbocycles. The molecule has 2 atom stereocenters. The standard InChI is InChI=1S/C37H45N9O6/c1-7-23-30(43-12-13-44(25-9-8-24(25)43)35(50)28-31(48)21(4)15-39-34(28)52-6)32(49)29-33(42-46(41-29)22-10-11-38-27(14-22)51-5)45(23)16-26(47)40-37-17-36(18-37,19-37)20(2)3/h10-11,14-15,20,24-25H,7-9,12-13,16-19H2,1-6H3,(H,39,48)(H,40,47)/t24-,25-,36?,37?/m0/s1. The second-order valence-corrected chi connectivity index (χ2v) is 15.3. The number of nitrogens with zero attached hydrogens (tertiary/aromatic N) is 7. The van der Waals surface area contributed by atoms with Crippen LogP contribution < -0.4 is 30.5 Å². The number of aromatic nitrogens is 6. The molecule has 4 saturated carbocycles. The Hall–Kier alpha value is -5.21. The molecule has 0 unspecified atom stereocenters. The lowest BCUT2D eigenvalue weighted by molar-refractivity contribution is -0.187. The topological polar surface area (TPSA) is 170 Å². The highest BCUT2D eigenvalue weighted by molar-refractivity contribution is 5.97. The molecule has 2 N–H and O–H groups in total. The summed E-state index contributed by atoms with van der Waals surface area (Å²) in [5.41, 5.74) is 2.09. The van der Waals surface area contributed by atoms with Crippen LogP contribution in [0.5, 0.6) is 11.8 Å². The normalized spacial score (nSPS) is 24.5. The third-order valence-electron chi connectivity index (χ3n) is 12.2. The number of pyridine rings is 3. The fraction of sp³-hybridized carbons (Fsp3) is 0.541. The summed E-state index contributed by atoms with van der Waals surface area (Å²) in [7, 11) is 2.94. The van der Waals surface area contributed by atoms with Crippen molar-refractivity contribution in [1.29, 1.82) is 0 Å². The Balaban J connectivity index is 1.17. The van der Waals surface area contributed by atoms with Crippen molar-refractivity contribution in [2.24, 2.45) is 11.3 Å². The number of nitrogens with one attached hydrogen (secondary N) is 2. The highest BCUT2D eigenvalue weighted by Gasteiger charge is 2.69. The lowest BCUT2D eigenvalue weighted by Gasteiger charge is -2.72. The van der Waals surface area contributed by atoms with Crippen molar-refractivity contribution in [3.63, 3.8) is 0 Å². The van der Waals surface area contributed by atoms with Gasteiger partial charge in [-0.05, 0) is 62.8 Å². The first-order chi connectivity index (χ1) is 24.9. The first-order valence-electron chi connectivity index (χ1n) is 18.1. The number of hydrogen-bond donors (Lipinski definition) is 2. The largest absolute Gasteiger partial charge is 0.482 e. The molecule has 1 aliphatic heterocycles. The van der Waals surface area contributed by atoms with Crippen molar-refractivity contribution in [1.82, 2.24) is 39.7 Å². The molecule has 52 heavy (non-hydrogen) atoms. The predicted molar refractivity (Wildman–Crippen MR) is 192 cm³/mol. The van der Waals surface area contributed by atoms with E-state index >= 15 is 0 Å². The van der Waals surface area contributed by atoms with Gasteiger partial charge in [0.05, 0.1) is 25.9 Å². The average Bonchev–Trinajstić information content (AvgIpc) is 3.54. The molecule has 5 aliphatic rings. The molecule has 5 heterocycles. The van der Waals surface area contributed by atoms with E-state index in [1.165, 1.54) is 25.2 Å². The molecular formula is C37H45N9O6. The summed E-state index contributed by atoms with van der Waals surface area (Å²) in [4.78, 5) is 67.9. The Morgan fingerprint density at radius 2 is 1.81 bits per heavy atom. The van der Waals surface area contributed by atoms with E-state index < -0.39 is 0 Å². The summed E-state index contributed by atoms with van der Waals surface area (Å²) in [6, 6.07) is 3.01. The Morgan fingerprint density at radius 1 is 1.06 bits per heavy atom. The number of piperazine rings is 1. The van der Waals surface area contributed by atoms with Crippen LogP contribution in [0.1, 0.15) is 74.5 Å². The minimum absolute atomic E-state index is 0.0157. The second kappa shape index (κ2) is 12.2. The van der Waals surface area contributed by atoms with Crippen LogP contribution in [0.25, 0.3) is 16.9 Å². The number of methoxy groups -OCH3 is 2. The molecule has 4 aromatic heterocycles. The number of fused-ring (bicyclic) bond motifs is 2. The molecule has 9 rings (SSSR count). The predicted octanol–water partition coefficient (Wildman–Crippen LogP) is 2.74. The third kappa shape index (κ3) is 5.02. The number of aryl methyl sites for hydroxylation is 1. The van der Waals surface area contributed by atoms with Crippen LogP contribution in [0.2, 0.25) is 0 Å². The number of ether oxygens (including phenoxy) is 2. The summed E-state index contributed by atoms with van der Waals surface area (Å²) in [5.74, 6) is 0.561. The molecule has 274 valence electrons. The monoisotopic (exact) mass is 711 g/mol. The van der Waals surface area contributed by atoms with Gasteiger partial charge in [0.15, 0.2) is 11.2 Å². The smallest absolute Gasteiger partial charge is 0.263 e. The maximum Gasteiger partial charge on any atom is 0.263 e. The van der Waals surface area contributed by atoms with Gasteiger partial charge in [0, 0.05) is 54.4 Å². The zero-order valence-corrected chi connectivity index (χ0v) is 30.5. The van der Waals surface area contributed by atoms with Gasteiger partial charge in [-0.15, -0.1) is 15.0 Å². The van der Waals surface area contributed by atoms with Crippen LogP contribution in [0.15, 0.2) is 34.1 Å². The van der Waals surface area contributed by atoms with Crippen LogP contribution in [0.4, 0.5) is 5.69 Å². The van der Waals surface area contributed by atoms with Crippen LogP contribution in [-0.4, -0.2) is 91.2 Å². The number of carbonyl (C=O) groups excluding carboxylic acids is 2. The number of hydrogen-bond acceptors (Lipinski definition) is 10. The highest BCUT2D eigenvalue weighted by Crippen LogP contribution is 2.70. The van der Waals surface area contributed by atoms with Gasteiger partial charge in [0.2, 0.25) is 28.5 Å². The maximum absolute atomic E-state index is 14.6. The second-order valence-electron chi connectivity index (χ2n) is 15.3. The zero-order chi connectivity index (χ0) is 36.7. The van der Waals surface area contributed by atoms with Crippen molar-refractivity contribution < 1.29 is 19.1 Å². The first kappa shape index (κ1) is 33.9. The number of rotatable bonds is 10. The molecule has 2 amide bonds. The van der Waals surface area contributed by atoms with Gasteiger partial charge in [-0.2, -0.15) is 0 Å². The SMILES string of the molecule is CCc1c(N2CCN(C(=O)c3c(OC)[nH]cc(C)c3=O)[C@H]3CC[C@@H]32)c(=O)c2nn(-c3ccnc(OC)c3)nc2n1CC(=O)NC12CC(C(C)C)(C1)C2. The van der Waals surface area contributed by atoms with Gasteiger partial charge in [-0.1, -0.05) is 20.8 Å². The number of amides is 2. The fourth-order valence-corrected chi connectivity index (χ4v) is 9.17. The highest BCUT2D eigenvalue weighted by atomic mass is 16.5. The van der Waals surface area contributed by atoms with E-state index in [1.807, 2.05) is 11.5 Å². The quantitative estimate of drug-likeness (QED) is 0.250. The van der Waals surface area contributed by atoms with Crippen molar-refractivity contribution in [3.8, 4) is 17.4 Å².